The van der Waals surface area contributed by atoms with Crippen molar-refractivity contribution in [2.24, 2.45) is 0 Å². The highest BCUT2D eigenvalue weighted by Gasteiger charge is 2.16. The Labute approximate surface area is 120 Å². The number of carbonyl (C=O) groups excluding carboxylic acids is 2. The molecule has 21 heavy (non-hydrogen) atoms. The fourth-order valence-electron chi connectivity index (χ4n) is 1.84. The summed E-state index contributed by atoms with van der Waals surface area (Å²) in [4.78, 5) is 23.3. The van der Waals surface area contributed by atoms with Crippen LogP contribution in [0.25, 0.3) is 0 Å². The van der Waals surface area contributed by atoms with Gasteiger partial charge in [0.2, 0.25) is 0 Å². The van der Waals surface area contributed by atoms with Crippen LogP contribution in [0.4, 0.5) is 4.39 Å². The van der Waals surface area contributed by atoms with E-state index in [1.807, 2.05) is 0 Å². The first-order chi connectivity index (χ1) is 10.0. The van der Waals surface area contributed by atoms with Crippen LogP contribution >= 0.6 is 0 Å². The van der Waals surface area contributed by atoms with Gasteiger partial charge in [0, 0.05) is 5.56 Å². The standard InChI is InChI=1S/C15H14FNO4/c1-9-13(15(19)20-2)7-12(21-9)8-17-14(18)10-4-3-5-11(16)6-10/h3-7H,8H2,1-2H3,(H,17,18). The number of furan rings is 1. The van der Waals surface area contributed by atoms with Crippen LogP contribution in [0.5, 0.6) is 0 Å². The minimum atomic E-state index is -0.501. The van der Waals surface area contributed by atoms with Gasteiger partial charge in [-0.25, -0.2) is 9.18 Å². The second kappa shape index (κ2) is 6.21. The van der Waals surface area contributed by atoms with E-state index in [-0.39, 0.29) is 12.1 Å². The number of benzene rings is 1. The van der Waals surface area contributed by atoms with Gasteiger partial charge in [-0.2, -0.15) is 0 Å². The molecule has 2 rings (SSSR count). The first-order valence-electron chi connectivity index (χ1n) is 6.22. The van der Waals surface area contributed by atoms with E-state index in [1.54, 1.807) is 6.92 Å². The molecule has 2 aromatic rings. The third-order valence-electron chi connectivity index (χ3n) is 2.88. The summed E-state index contributed by atoms with van der Waals surface area (Å²) in [7, 11) is 1.28. The third kappa shape index (κ3) is 3.47. The molecule has 0 aliphatic heterocycles. The van der Waals surface area contributed by atoms with Crippen molar-refractivity contribution < 1.29 is 23.1 Å². The second-order valence-corrected chi connectivity index (χ2v) is 4.37. The van der Waals surface area contributed by atoms with Gasteiger partial charge < -0.3 is 14.5 Å². The molecule has 6 heteroatoms. The molecule has 0 atom stereocenters. The monoisotopic (exact) mass is 291 g/mol. The largest absolute Gasteiger partial charge is 0.465 e. The minimum Gasteiger partial charge on any atom is -0.465 e. The van der Waals surface area contributed by atoms with Gasteiger partial charge in [0.05, 0.1) is 13.7 Å². The SMILES string of the molecule is COC(=O)c1cc(CNC(=O)c2cccc(F)c2)oc1C. The zero-order chi connectivity index (χ0) is 15.4. The molecule has 0 fully saturated rings. The highest BCUT2D eigenvalue weighted by Crippen LogP contribution is 2.15. The zero-order valence-electron chi connectivity index (χ0n) is 11.6. The first kappa shape index (κ1) is 14.8. The summed E-state index contributed by atoms with van der Waals surface area (Å²) in [6, 6.07) is 6.87. The molecule has 1 N–H and O–H groups in total. The number of hydrogen-bond acceptors (Lipinski definition) is 4. The van der Waals surface area contributed by atoms with Crippen LogP contribution in [0.1, 0.15) is 32.2 Å². The van der Waals surface area contributed by atoms with Gasteiger partial charge in [0.15, 0.2) is 0 Å². The number of rotatable bonds is 4. The minimum absolute atomic E-state index is 0.0905. The van der Waals surface area contributed by atoms with Crippen LogP contribution in [0.15, 0.2) is 34.7 Å². The van der Waals surface area contributed by atoms with E-state index >= 15 is 0 Å². The molecule has 0 spiro atoms. The number of carbonyl (C=O) groups is 2. The number of aryl methyl sites for hydroxylation is 1. The Morgan fingerprint density at radius 1 is 1.33 bits per heavy atom. The van der Waals surface area contributed by atoms with E-state index in [2.05, 4.69) is 10.1 Å². The van der Waals surface area contributed by atoms with Gasteiger partial charge in [0.1, 0.15) is 22.9 Å². The normalized spacial score (nSPS) is 10.2. The molecular weight excluding hydrogens is 277 g/mol. The maximum Gasteiger partial charge on any atom is 0.341 e. The number of esters is 1. The van der Waals surface area contributed by atoms with Crippen molar-refractivity contribution in [2.45, 2.75) is 13.5 Å². The number of ether oxygens (including phenoxy) is 1. The van der Waals surface area contributed by atoms with Crippen molar-refractivity contribution in [2.75, 3.05) is 7.11 Å². The number of amides is 1. The zero-order valence-corrected chi connectivity index (χ0v) is 11.6. The number of hydrogen-bond donors (Lipinski definition) is 1. The third-order valence-corrected chi connectivity index (χ3v) is 2.88. The molecule has 110 valence electrons. The molecule has 0 radical (unpaired) electrons. The molecule has 0 aliphatic rings. The molecule has 0 saturated heterocycles. The van der Waals surface area contributed by atoms with Crippen LogP contribution in [-0.4, -0.2) is 19.0 Å². The topological polar surface area (TPSA) is 68.5 Å². The van der Waals surface area contributed by atoms with Crippen molar-refractivity contribution in [1.29, 1.82) is 0 Å². The summed E-state index contributed by atoms with van der Waals surface area (Å²) in [6.45, 7) is 1.72. The summed E-state index contributed by atoms with van der Waals surface area (Å²) in [5.41, 5.74) is 0.527. The molecule has 5 nitrogen and oxygen atoms in total. The van der Waals surface area contributed by atoms with E-state index in [0.29, 0.717) is 17.1 Å². The average Bonchev–Trinajstić information content (AvgIpc) is 2.85. The van der Waals surface area contributed by atoms with E-state index in [0.717, 1.165) is 6.07 Å². The lowest BCUT2D eigenvalue weighted by Crippen LogP contribution is -2.22. The van der Waals surface area contributed by atoms with Crippen LogP contribution < -0.4 is 5.32 Å². The Kier molecular flexibility index (Phi) is 4.37. The molecule has 1 aromatic carbocycles. The second-order valence-electron chi connectivity index (χ2n) is 4.37. The summed E-state index contributed by atoms with van der Waals surface area (Å²) >= 11 is 0. The fourth-order valence-corrected chi connectivity index (χ4v) is 1.84. The Bertz CT molecular complexity index is 678. The van der Waals surface area contributed by atoms with Gasteiger partial charge >= 0.3 is 5.97 Å². The Morgan fingerprint density at radius 3 is 2.76 bits per heavy atom. The van der Waals surface area contributed by atoms with Gasteiger partial charge in [0.25, 0.3) is 5.91 Å². The molecule has 0 bridgehead atoms. The maximum atomic E-state index is 13.0. The summed E-state index contributed by atoms with van der Waals surface area (Å²) in [5.74, 6) is -0.582. The van der Waals surface area contributed by atoms with Gasteiger partial charge in [-0.15, -0.1) is 0 Å². The first-order valence-corrected chi connectivity index (χ1v) is 6.22. The quantitative estimate of drug-likeness (QED) is 0.878. The summed E-state index contributed by atoms with van der Waals surface area (Å²) < 4.78 is 23.0. The predicted molar refractivity (Wildman–Crippen MR) is 72.4 cm³/mol. The van der Waals surface area contributed by atoms with Crippen molar-refractivity contribution in [3.05, 3.63) is 58.8 Å². The lowest BCUT2D eigenvalue weighted by atomic mass is 10.2. The van der Waals surface area contributed by atoms with Gasteiger partial charge in [-0.3, -0.25) is 4.79 Å². The Morgan fingerprint density at radius 2 is 2.10 bits per heavy atom. The van der Waals surface area contributed by atoms with E-state index in [9.17, 15) is 14.0 Å². The van der Waals surface area contributed by atoms with Crippen LogP contribution in [0.3, 0.4) is 0 Å². The molecule has 1 amide bonds. The summed E-state index contributed by atoms with van der Waals surface area (Å²) in [5, 5.41) is 2.59. The molecule has 0 unspecified atom stereocenters. The molecule has 1 heterocycles. The predicted octanol–water partition coefficient (Wildman–Crippen LogP) is 2.44. The molecule has 0 saturated carbocycles. The highest BCUT2D eigenvalue weighted by atomic mass is 19.1. The van der Waals surface area contributed by atoms with Crippen molar-refractivity contribution in [3.8, 4) is 0 Å². The van der Waals surface area contributed by atoms with Crippen LogP contribution in [0, 0.1) is 12.7 Å². The van der Waals surface area contributed by atoms with E-state index in [4.69, 9.17) is 4.42 Å². The smallest absolute Gasteiger partial charge is 0.341 e. The Hall–Kier alpha value is -2.63. The molecule has 0 aliphatic carbocycles. The number of nitrogens with one attached hydrogen (secondary N) is 1. The van der Waals surface area contributed by atoms with Crippen LogP contribution in [-0.2, 0) is 11.3 Å². The highest BCUT2D eigenvalue weighted by molar-refractivity contribution is 5.94. The number of halogens is 1. The lowest BCUT2D eigenvalue weighted by molar-refractivity contribution is 0.0598. The van der Waals surface area contributed by atoms with E-state index in [1.165, 1.54) is 31.4 Å². The Balaban J connectivity index is 2.03. The van der Waals surface area contributed by atoms with Crippen molar-refractivity contribution in [1.82, 2.24) is 5.32 Å². The fraction of sp³-hybridized carbons (Fsp3) is 0.200. The summed E-state index contributed by atoms with van der Waals surface area (Å²) in [6.07, 6.45) is 0. The van der Waals surface area contributed by atoms with Gasteiger partial charge in [-0.1, -0.05) is 6.07 Å². The number of methoxy groups -OCH3 is 1. The average molecular weight is 291 g/mol. The van der Waals surface area contributed by atoms with Crippen molar-refractivity contribution in [3.63, 3.8) is 0 Å². The van der Waals surface area contributed by atoms with Crippen molar-refractivity contribution >= 4 is 11.9 Å². The maximum absolute atomic E-state index is 13.0. The molecular formula is C15H14FNO4. The van der Waals surface area contributed by atoms with E-state index < -0.39 is 17.7 Å². The van der Waals surface area contributed by atoms with Crippen LogP contribution in [0.2, 0.25) is 0 Å². The lowest BCUT2D eigenvalue weighted by Gasteiger charge is -2.03. The molecule has 1 aromatic heterocycles. The van der Waals surface area contributed by atoms with Gasteiger partial charge in [-0.05, 0) is 31.2 Å².